The Labute approximate surface area is 126 Å². The van der Waals surface area contributed by atoms with E-state index in [0.717, 1.165) is 28.1 Å². The van der Waals surface area contributed by atoms with E-state index in [1.807, 2.05) is 26.0 Å². The van der Waals surface area contributed by atoms with Crippen molar-refractivity contribution in [3.05, 3.63) is 69.5 Å². The number of benzene rings is 2. The van der Waals surface area contributed by atoms with Gasteiger partial charge in [0.05, 0.1) is 0 Å². The van der Waals surface area contributed by atoms with Gasteiger partial charge in [-0.25, -0.2) is 4.39 Å². The highest BCUT2D eigenvalue weighted by molar-refractivity contribution is 9.09. The fourth-order valence-corrected chi connectivity index (χ4v) is 3.21. The molecule has 0 radical (unpaired) electrons. The molecule has 0 heterocycles. The monoisotopic (exact) mass is 340 g/mol. The van der Waals surface area contributed by atoms with Gasteiger partial charge in [0.15, 0.2) is 0 Å². The van der Waals surface area contributed by atoms with Crippen molar-refractivity contribution in [2.45, 2.75) is 25.1 Å². The second kappa shape index (κ2) is 6.06. The fraction of sp³-hybridized carbons (Fsp3) is 0.250. The van der Waals surface area contributed by atoms with Crippen LogP contribution in [0.5, 0.6) is 0 Å². The number of hydrogen-bond acceptors (Lipinski definition) is 0. The van der Waals surface area contributed by atoms with Gasteiger partial charge < -0.3 is 0 Å². The van der Waals surface area contributed by atoms with Crippen molar-refractivity contribution in [2.24, 2.45) is 0 Å². The minimum absolute atomic E-state index is 0.158. The van der Waals surface area contributed by atoms with Crippen molar-refractivity contribution in [3.8, 4) is 0 Å². The summed E-state index contributed by atoms with van der Waals surface area (Å²) in [5, 5.41) is 0.784. The topological polar surface area (TPSA) is 0 Å². The number of rotatable bonds is 3. The minimum atomic E-state index is -0.193. The normalized spacial score (nSPS) is 12.5. The van der Waals surface area contributed by atoms with Crippen molar-refractivity contribution in [1.29, 1.82) is 0 Å². The SMILES string of the molecule is Cc1cc(C(Br)Cc2cccc(F)c2)c(C)cc1Cl. The van der Waals surface area contributed by atoms with Crippen LogP contribution in [0.15, 0.2) is 36.4 Å². The quantitative estimate of drug-likeness (QED) is 0.621. The average Bonchev–Trinajstić information content (AvgIpc) is 2.33. The van der Waals surface area contributed by atoms with Crippen LogP contribution >= 0.6 is 27.5 Å². The largest absolute Gasteiger partial charge is 0.207 e. The molecule has 0 saturated carbocycles. The predicted octanol–water partition coefficient (Wildman–Crippen LogP) is 5.77. The maximum Gasteiger partial charge on any atom is 0.123 e. The van der Waals surface area contributed by atoms with E-state index in [9.17, 15) is 4.39 Å². The van der Waals surface area contributed by atoms with Gasteiger partial charge in [-0.1, -0.05) is 45.7 Å². The van der Waals surface area contributed by atoms with Gasteiger partial charge in [-0.05, 0) is 60.7 Å². The highest BCUT2D eigenvalue weighted by Gasteiger charge is 2.13. The summed E-state index contributed by atoms with van der Waals surface area (Å²) in [6.07, 6.45) is 0.750. The molecule has 0 N–H and O–H groups in total. The molecule has 0 aliphatic rings. The summed E-state index contributed by atoms with van der Waals surface area (Å²) < 4.78 is 13.2. The second-order valence-corrected chi connectivity index (χ2v) is 6.27. The molecule has 0 saturated heterocycles. The molecule has 2 rings (SSSR count). The van der Waals surface area contributed by atoms with Crippen LogP contribution in [0.1, 0.15) is 27.1 Å². The zero-order valence-electron chi connectivity index (χ0n) is 10.9. The van der Waals surface area contributed by atoms with Crippen molar-refractivity contribution >= 4 is 27.5 Å². The Hall–Kier alpha value is -0.860. The molecule has 0 aliphatic heterocycles. The molecule has 0 aromatic heterocycles. The molecular weight excluding hydrogens is 327 g/mol. The van der Waals surface area contributed by atoms with Gasteiger partial charge >= 0.3 is 0 Å². The summed E-state index contributed by atoms with van der Waals surface area (Å²) in [7, 11) is 0. The van der Waals surface area contributed by atoms with E-state index in [0.29, 0.717) is 0 Å². The maximum absolute atomic E-state index is 13.2. The number of alkyl halides is 1. The number of hydrogen-bond donors (Lipinski definition) is 0. The summed E-state index contributed by atoms with van der Waals surface area (Å²) >= 11 is 9.80. The standard InChI is InChI=1S/C16H15BrClF/c1-10-7-16(18)11(2)6-14(10)15(17)9-12-4-3-5-13(19)8-12/h3-8,15H,9H2,1-2H3. The summed E-state index contributed by atoms with van der Waals surface area (Å²) in [6.45, 7) is 4.04. The van der Waals surface area contributed by atoms with Crippen molar-refractivity contribution < 1.29 is 4.39 Å². The Balaban J connectivity index is 2.25. The van der Waals surface area contributed by atoms with Crippen LogP contribution in [0, 0.1) is 19.7 Å². The first kappa shape index (κ1) is 14.5. The first-order valence-corrected chi connectivity index (χ1v) is 7.42. The fourth-order valence-electron chi connectivity index (χ4n) is 2.12. The summed E-state index contributed by atoms with van der Waals surface area (Å²) in [6, 6.07) is 10.8. The van der Waals surface area contributed by atoms with Crippen molar-refractivity contribution in [1.82, 2.24) is 0 Å². The third kappa shape index (κ3) is 3.58. The average molecular weight is 342 g/mol. The smallest absolute Gasteiger partial charge is 0.123 e. The van der Waals surface area contributed by atoms with Crippen LogP contribution < -0.4 is 0 Å². The van der Waals surface area contributed by atoms with Gasteiger partial charge in [0, 0.05) is 9.85 Å². The van der Waals surface area contributed by atoms with Crippen molar-refractivity contribution in [2.75, 3.05) is 0 Å². The molecule has 2 aromatic rings. The molecule has 100 valence electrons. The van der Waals surface area contributed by atoms with E-state index in [2.05, 4.69) is 22.0 Å². The van der Waals surface area contributed by atoms with Crippen LogP contribution in [-0.2, 0) is 6.42 Å². The summed E-state index contributed by atoms with van der Waals surface area (Å²) in [5.74, 6) is -0.193. The van der Waals surface area contributed by atoms with Gasteiger partial charge in [-0.2, -0.15) is 0 Å². The molecule has 3 heteroatoms. The van der Waals surface area contributed by atoms with Gasteiger partial charge in [-0.3, -0.25) is 0 Å². The van der Waals surface area contributed by atoms with Crippen LogP contribution in [0.25, 0.3) is 0 Å². The van der Waals surface area contributed by atoms with E-state index < -0.39 is 0 Å². The molecule has 1 atom stereocenters. The first-order valence-electron chi connectivity index (χ1n) is 6.12. The molecule has 1 unspecified atom stereocenters. The van der Waals surface area contributed by atoms with Gasteiger partial charge in [0.2, 0.25) is 0 Å². The molecule has 0 fully saturated rings. The van der Waals surface area contributed by atoms with E-state index in [1.54, 1.807) is 12.1 Å². The zero-order chi connectivity index (χ0) is 14.0. The van der Waals surface area contributed by atoms with E-state index >= 15 is 0 Å². The third-order valence-corrected chi connectivity index (χ3v) is 4.41. The first-order chi connectivity index (χ1) is 8.97. The molecule has 2 aromatic carbocycles. The van der Waals surface area contributed by atoms with E-state index in [4.69, 9.17) is 11.6 Å². The highest BCUT2D eigenvalue weighted by Crippen LogP contribution is 2.32. The second-order valence-electron chi connectivity index (χ2n) is 4.76. The Kier molecular flexibility index (Phi) is 4.64. The predicted molar refractivity (Wildman–Crippen MR) is 82.7 cm³/mol. The molecule has 19 heavy (non-hydrogen) atoms. The van der Waals surface area contributed by atoms with Crippen LogP contribution in [0.4, 0.5) is 4.39 Å². The van der Waals surface area contributed by atoms with Crippen LogP contribution in [0.2, 0.25) is 5.02 Å². The molecule has 0 amide bonds. The van der Waals surface area contributed by atoms with E-state index in [1.165, 1.54) is 11.6 Å². The minimum Gasteiger partial charge on any atom is -0.207 e. The highest BCUT2D eigenvalue weighted by atomic mass is 79.9. The van der Waals surface area contributed by atoms with Crippen molar-refractivity contribution in [3.63, 3.8) is 0 Å². The van der Waals surface area contributed by atoms with Crippen LogP contribution in [-0.4, -0.2) is 0 Å². The third-order valence-electron chi connectivity index (χ3n) is 3.19. The maximum atomic E-state index is 13.2. The Bertz CT molecular complexity index is 595. The molecule has 0 nitrogen and oxygen atoms in total. The summed E-state index contributed by atoms with van der Waals surface area (Å²) in [5.41, 5.74) is 4.39. The zero-order valence-corrected chi connectivity index (χ0v) is 13.2. The number of halogens is 3. The molecule has 0 aliphatic carbocycles. The van der Waals surface area contributed by atoms with Gasteiger partial charge in [0.25, 0.3) is 0 Å². The molecule has 0 spiro atoms. The lowest BCUT2D eigenvalue weighted by Gasteiger charge is -2.15. The van der Waals surface area contributed by atoms with Gasteiger partial charge in [0.1, 0.15) is 5.82 Å². The lowest BCUT2D eigenvalue weighted by molar-refractivity contribution is 0.625. The molecular formula is C16H15BrClF. The van der Waals surface area contributed by atoms with Crippen LogP contribution in [0.3, 0.4) is 0 Å². The lowest BCUT2D eigenvalue weighted by Crippen LogP contribution is -1.99. The van der Waals surface area contributed by atoms with Gasteiger partial charge in [-0.15, -0.1) is 0 Å². The van der Waals surface area contributed by atoms with E-state index in [-0.39, 0.29) is 10.6 Å². The number of aryl methyl sites for hydroxylation is 2. The Morgan fingerprint density at radius 3 is 2.58 bits per heavy atom. The lowest BCUT2D eigenvalue weighted by atomic mass is 9.98. The molecule has 0 bridgehead atoms. The Morgan fingerprint density at radius 1 is 1.16 bits per heavy atom. The Morgan fingerprint density at radius 2 is 1.89 bits per heavy atom. The summed E-state index contributed by atoms with van der Waals surface area (Å²) in [4.78, 5) is 0.158.